The van der Waals surface area contributed by atoms with E-state index in [-0.39, 0.29) is 0 Å². The quantitative estimate of drug-likeness (QED) is 0.228. The summed E-state index contributed by atoms with van der Waals surface area (Å²) < 4.78 is 21.2. The number of carbonyl (C=O) groups excluding carboxylic acids is 1. The minimum Gasteiger partial charge on any atom is -0.394 e. The summed E-state index contributed by atoms with van der Waals surface area (Å²) in [6.45, 7) is -0.0617. The summed E-state index contributed by atoms with van der Waals surface area (Å²) in [6.07, 6.45) is -12.4. The zero-order chi connectivity index (χ0) is 20.3. The van der Waals surface area contributed by atoms with Crippen molar-refractivity contribution < 1.29 is 54.4 Å². The van der Waals surface area contributed by atoms with Gasteiger partial charge in [0.25, 0.3) is 0 Å². The second kappa shape index (κ2) is 9.52. The molecule has 0 saturated carbocycles. The van der Waals surface area contributed by atoms with Crippen LogP contribution in [0.4, 0.5) is 0 Å². The van der Waals surface area contributed by atoms with Gasteiger partial charge in [0.1, 0.15) is 48.8 Å². The first kappa shape index (κ1) is 22.4. The number of amides is 1. The predicted molar refractivity (Wildman–Crippen MR) is 85.0 cm³/mol. The van der Waals surface area contributed by atoms with Crippen molar-refractivity contribution in [2.45, 2.75) is 68.3 Å². The molecule has 7 N–H and O–H groups in total. The van der Waals surface area contributed by atoms with Crippen LogP contribution in [-0.4, -0.2) is 118 Å². The van der Waals surface area contributed by atoms with Crippen molar-refractivity contribution in [2.75, 3.05) is 20.3 Å². The maximum Gasteiger partial charge on any atom is 0.217 e. The number of nitrogens with one attached hydrogen (secondary N) is 1. The normalized spacial score (nSPS) is 45.5. The first-order valence-corrected chi connectivity index (χ1v) is 8.45. The molecule has 2 aliphatic rings. The lowest BCUT2D eigenvalue weighted by molar-refractivity contribution is -0.344. The maximum absolute atomic E-state index is 11.4. The number of carbonyl (C=O) groups is 1. The third kappa shape index (κ3) is 4.74. The van der Waals surface area contributed by atoms with Crippen molar-refractivity contribution in [3.63, 3.8) is 0 Å². The molecule has 2 heterocycles. The van der Waals surface area contributed by atoms with Gasteiger partial charge in [-0.15, -0.1) is 0 Å². The minimum atomic E-state index is -1.55. The monoisotopic (exact) mass is 397 g/mol. The van der Waals surface area contributed by atoms with Gasteiger partial charge in [-0.2, -0.15) is 0 Å². The van der Waals surface area contributed by atoms with Gasteiger partial charge in [0.2, 0.25) is 5.91 Å². The van der Waals surface area contributed by atoms with Crippen molar-refractivity contribution in [3.8, 4) is 0 Å². The Labute approximate surface area is 155 Å². The highest BCUT2D eigenvalue weighted by atomic mass is 16.7. The number of hydrogen-bond donors (Lipinski definition) is 7. The number of aliphatic hydroxyl groups excluding tert-OH is 6. The summed E-state index contributed by atoms with van der Waals surface area (Å²) in [4.78, 5) is 11.4. The molecule has 2 aliphatic heterocycles. The van der Waals surface area contributed by atoms with Gasteiger partial charge in [-0.05, 0) is 0 Å². The molecular weight excluding hydrogens is 370 g/mol. The number of ether oxygens (including phenoxy) is 4. The molecule has 12 nitrogen and oxygen atoms in total. The molecule has 0 bridgehead atoms. The Hall–Kier alpha value is -0.930. The molecule has 0 spiro atoms. The molecule has 0 radical (unpaired) electrons. The molecule has 1 amide bonds. The fraction of sp³-hybridized carbons (Fsp3) is 0.933. The molecule has 2 rings (SSSR count). The first-order chi connectivity index (χ1) is 12.7. The molecule has 0 aromatic rings. The van der Waals surface area contributed by atoms with Crippen molar-refractivity contribution >= 4 is 5.91 Å². The second-order valence-electron chi connectivity index (χ2n) is 6.48. The van der Waals surface area contributed by atoms with Crippen molar-refractivity contribution in [1.29, 1.82) is 0 Å². The molecule has 158 valence electrons. The zero-order valence-electron chi connectivity index (χ0n) is 14.9. The van der Waals surface area contributed by atoms with E-state index in [1.807, 2.05) is 0 Å². The molecule has 0 aromatic heterocycles. The largest absolute Gasteiger partial charge is 0.394 e. The van der Waals surface area contributed by atoms with Crippen LogP contribution in [0.15, 0.2) is 0 Å². The van der Waals surface area contributed by atoms with Crippen LogP contribution >= 0.6 is 0 Å². The summed E-state index contributed by atoms with van der Waals surface area (Å²) in [5, 5.41) is 61.9. The van der Waals surface area contributed by atoms with Crippen molar-refractivity contribution in [1.82, 2.24) is 5.32 Å². The lowest BCUT2D eigenvalue weighted by atomic mass is 9.95. The first-order valence-electron chi connectivity index (χ1n) is 8.45. The highest BCUT2D eigenvalue weighted by molar-refractivity contribution is 5.73. The standard InChI is InChI=1S/C15H27NO11/c1-5(19)16-8-11(22)9(20)6(3-17)25-14(8)27-13-10(21)7(4-18)26-15(24-2)12(13)23/h6-15,17-18,20-23H,3-4H2,1-2H3,(H,16,19)/t6-,7-,8-,9-,10-,11-,12-,13+,14+,15+/m1/s1. The summed E-state index contributed by atoms with van der Waals surface area (Å²) in [6, 6.07) is -1.25. The predicted octanol–water partition coefficient (Wildman–Crippen LogP) is -4.60. The van der Waals surface area contributed by atoms with Crippen LogP contribution in [0.3, 0.4) is 0 Å². The fourth-order valence-electron chi connectivity index (χ4n) is 3.15. The van der Waals surface area contributed by atoms with Gasteiger partial charge >= 0.3 is 0 Å². The average Bonchev–Trinajstić information content (AvgIpc) is 2.64. The topological polar surface area (TPSA) is 187 Å². The Morgan fingerprint density at radius 2 is 1.48 bits per heavy atom. The second-order valence-corrected chi connectivity index (χ2v) is 6.48. The van der Waals surface area contributed by atoms with Crippen molar-refractivity contribution in [3.05, 3.63) is 0 Å². The molecule has 2 fully saturated rings. The Morgan fingerprint density at radius 3 is 2.00 bits per heavy atom. The van der Waals surface area contributed by atoms with E-state index in [0.717, 1.165) is 0 Å². The van der Waals surface area contributed by atoms with Gasteiger partial charge in [0, 0.05) is 14.0 Å². The van der Waals surface area contributed by atoms with E-state index >= 15 is 0 Å². The van der Waals surface area contributed by atoms with Gasteiger partial charge in [-0.25, -0.2) is 0 Å². The third-order valence-corrected chi connectivity index (χ3v) is 4.60. The van der Waals surface area contributed by atoms with E-state index in [0.29, 0.717) is 0 Å². The molecular formula is C15H27NO11. The van der Waals surface area contributed by atoms with E-state index in [1.54, 1.807) is 0 Å². The third-order valence-electron chi connectivity index (χ3n) is 4.60. The highest BCUT2D eigenvalue weighted by Crippen LogP contribution is 2.29. The van der Waals surface area contributed by atoms with Gasteiger partial charge in [0.15, 0.2) is 12.6 Å². The molecule has 10 atom stereocenters. The Bertz CT molecular complexity index is 478. The molecule has 12 heteroatoms. The number of methoxy groups -OCH3 is 1. The Morgan fingerprint density at radius 1 is 0.926 bits per heavy atom. The van der Waals surface area contributed by atoms with Crippen LogP contribution in [0.5, 0.6) is 0 Å². The minimum absolute atomic E-state index is 0.554. The van der Waals surface area contributed by atoms with Crippen LogP contribution in [0, 0.1) is 0 Å². The smallest absolute Gasteiger partial charge is 0.217 e. The van der Waals surface area contributed by atoms with Gasteiger partial charge in [-0.3, -0.25) is 4.79 Å². The van der Waals surface area contributed by atoms with E-state index in [2.05, 4.69) is 5.32 Å². The lowest BCUT2D eigenvalue weighted by Crippen LogP contribution is -2.67. The fourth-order valence-corrected chi connectivity index (χ4v) is 3.15. The molecule has 2 saturated heterocycles. The molecule has 0 unspecified atom stereocenters. The van der Waals surface area contributed by atoms with Crippen LogP contribution in [-0.2, 0) is 23.7 Å². The Balaban J connectivity index is 2.24. The number of rotatable bonds is 6. The van der Waals surface area contributed by atoms with Crippen LogP contribution in [0.1, 0.15) is 6.92 Å². The average molecular weight is 397 g/mol. The molecule has 0 aliphatic carbocycles. The maximum atomic E-state index is 11.4. The van der Waals surface area contributed by atoms with Gasteiger partial charge in [0.05, 0.1) is 13.2 Å². The van der Waals surface area contributed by atoms with E-state index in [1.165, 1.54) is 14.0 Å². The number of aliphatic hydroxyl groups is 6. The Kier molecular flexibility index (Phi) is 7.88. The number of hydrogen-bond acceptors (Lipinski definition) is 11. The highest BCUT2D eigenvalue weighted by Gasteiger charge is 2.51. The summed E-state index contributed by atoms with van der Waals surface area (Å²) in [7, 11) is 1.25. The lowest BCUT2D eigenvalue weighted by Gasteiger charge is -2.46. The van der Waals surface area contributed by atoms with E-state index < -0.39 is 80.5 Å². The van der Waals surface area contributed by atoms with E-state index in [4.69, 9.17) is 18.9 Å². The van der Waals surface area contributed by atoms with Crippen LogP contribution in [0.2, 0.25) is 0 Å². The van der Waals surface area contributed by atoms with Gasteiger partial charge in [-0.1, -0.05) is 0 Å². The summed E-state index contributed by atoms with van der Waals surface area (Å²) in [5.74, 6) is -0.554. The zero-order valence-corrected chi connectivity index (χ0v) is 14.9. The summed E-state index contributed by atoms with van der Waals surface area (Å²) in [5.41, 5.74) is 0. The summed E-state index contributed by atoms with van der Waals surface area (Å²) >= 11 is 0. The SMILES string of the molecule is CO[C@H]1O[C@H](CO)[C@@H](O)[C@H](O[C@@H]2O[C@H](CO)[C@@H](O)[C@H](O)[C@H]2NC(C)=O)[C@H]1O. The van der Waals surface area contributed by atoms with Gasteiger partial charge < -0.3 is 54.9 Å². The van der Waals surface area contributed by atoms with Crippen LogP contribution < -0.4 is 5.32 Å². The van der Waals surface area contributed by atoms with Crippen molar-refractivity contribution in [2.24, 2.45) is 0 Å². The molecule has 0 aromatic carbocycles. The van der Waals surface area contributed by atoms with E-state index in [9.17, 15) is 35.4 Å². The molecule has 27 heavy (non-hydrogen) atoms. The van der Waals surface area contributed by atoms with Crippen LogP contribution in [0.25, 0.3) is 0 Å².